The molecular formula is C29H33N3O2S. The Morgan fingerprint density at radius 3 is 2.37 bits per heavy atom. The lowest BCUT2D eigenvalue weighted by atomic mass is 9.89. The highest BCUT2D eigenvalue weighted by Crippen LogP contribution is 2.40. The average Bonchev–Trinajstić information content (AvgIpc) is 3.24. The van der Waals surface area contributed by atoms with Crippen LogP contribution in [0.15, 0.2) is 66.0 Å². The molecule has 1 fully saturated rings. The summed E-state index contributed by atoms with van der Waals surface area (Å²) >= 11 is 1.82. The predicted octanol–water partition coefficient (Wildman–Crippen LogP) is 4.77. The largest absolute Gasteiger partial charge is 0.340 e. The van der Waals surface area contributed by atoms with E-state index in [1.165, 1.54) is 21.6 Å². The minimum atomic E-state index is -0.232. The van der Waals surface area contributed by atoms with Crippen molar-refractivity contribution in [3.63, 3.8) is 0 Å². The monoisotopic (exact) mass is 487 g/mol. The zero-order valence-corrected chi connectivity index (χ0v) is 21.3. The van der Waals surface area contributed by atoms with Crippen LogP contribution in [0, 0.1) is 6.92 Å². The predicted molar refractivity (Wildman–Crippen MR) is 141 cm³/mol. The standard InChI is InChI=1S/C29H33N3O2S/c1-21-9-6-7-12-24(21)27-25-14-20-35-26(25)13-17-32(27)22(2)28(33)30-15-8-16-31(19-18-30)29(34)23-10-4-3-5-11-23/h3-7,9-12,14,20,22,27H,8,13,15-19H2,1-2H3/t22-,27-/m1/s1. The number of rotatable bonds is 4. The molecule has 35 heavy (non-hydrogen) atoms. The van der Waals surface area contributed by atoms with Gasteiger partial charge in [0.15, 0.2) is 0 Å². The maximum atomic E-state index is 13.8. The van der Waals surface area contributed by atoms with Crippen molar-refractivity contribution in [2.24, 2.45) is 0 Å². The highest BCUT2D eigenvalue weighted by Gasteiger charge is 2.37. The second-order valence-corrected chi connectivity index (χ2v) is 10.6. The van der Waals surface area contributed by atoms with E-state index in [9.17, 15) is 9.59 Å². The third-order valence-corrected chi connectivity index (χ3v) is 8.45. The van der Waals surface area contributed by atoms with Crippen LogP contribution in [0.3, 0.4) is 0 Å². The molecule has 2 atom stereocenters. The number of benzene rings is 2. The normalized spacial score (nSPS) is 19.7. The number of carbonyl (C=O) groups is 2. The average molecular weight is 488 g/mol. The maximum Gasteiger partial charge on any atom is 0.253 e. The second-order valence-electron chi connectivity index (χ2n) is 9.56. The number of amides is 2. The van der Waals surface area contributed by atoms with Crippen LogP contribution in [0.4, 0.5) is 0 Å². The van der Waals surface area contributed by atoms with Crippen LogP contribution in [0.25, 0.3) is 0 Å². The molecule has 5 rings (SSSR count). The smallest absolute Gasteiger partial charge is 0.253 e. The van der Waals surface area contributed by atoms with Gasteiger partial charge in [-0.25, -0.2) is 0 Å². The molecule has 2 aliphatic heterocycles. The van der Waals surface area contributed by atoms with Crippen molar-refractivity contribution >= 4 is 23.2 Å². The Hall–Kier alpha value is -2.96. The number of nitrogens with zero attached hydrogens (tertiary/aromatic N) is 3. The molecule has 0 radical (unpaired) electrons. The van der Waals surface area contributed by atoms with Gasteiger partial charge in [0.1, 0.15) is 0 Å². The summed E-state index contributed by atoms with van der Waals surface area (Å²) in [7, 11) is 0. The van der Waals surface area contributed by atoms with E-state index in [1.54, 1.807) is 0 Å². The van der Waals surface area contributed by atoms with Gasteiger partial charge in [0.2, 0.25) is 5.91 Å². The molecule has 0 unspecified atom stereocenters. The van der Waals surface area contributed by atoms with Gasteiger partial charge in [-0.05, 0) is 67.0 Å². The molecule has 0 saturated carbocycles. The van der Waals surface area contributed by atoms with Crippen LogP contribution >= 0.6 is 11.3 Å². The van der Waals surface area contributed by atoms with Crippen molar-refractivity contribution in [1.82, 2.24) is 14.7 Å². The summed E-state index contributed by atoms with van der Waals surface area (Å²) < 4.78 is 0. The molecule has 1 saturated heterocycles. The van der Waals surface area contributed by atoms with E-state index in [4.69, 9.17) is 0 Å². The SMILES string of the molecule is Cc1ccccc1[C@@H]1c2ccsc2CCN1[C@H](C)C(=O)N1CCCN(C(=O)c2ccccc2)CC1. The molecule has 0 N–H and O–H groups in total. The van der Waals surface area contributed by atoms with Gasteiger partial charge >= 0.3 is 0 Å². The topological polar surface area (TPSA) is 43.9 Å². The zero-order chi connectivity index (χ0) is 24.4. The van der Waals surface area contributed by atoms with Crippen LogP contribution in [0.2, 0.25) is 0 Å². The van der Waals surface area contributed by atoms with Gasteiger partial charge in [-0.2, -0.15) is 0 Å². The van der Waals surface area contributed by atoms with Gasteiger partial charge in [-0.1, -0.05) is 42.5 Å². The molecule has 0 bridgehead atoms. The summed E-state index contributed by atoms with van der Waals surface area (Å²) in [4.78, 5) is 34.4. The first-order valence-corrected chi connectivity index (χ1v) is 13.4. The summed E-state index contributed by atoms with van der Waals surface area (Å²) in [5.74, 6) is 0.213. The lowest BCUT2D eigenvalue weighted by Gasteiger charge is -2.41. The van der Waals surface area contributed by atoms with Crippen molar-refractivity contribution in [2.75, 3.05) is 32.7 Å². The molecule has 2 amide bonds. The summed E-state index contributed by atoms with van der Waals surface area (Å²) in [6, 6.07) is 20.1. The molecule has 3 heterocycles. The summed E-state index contributed by atoms with van der Waals surface area (Å²) in [6.45, 7) is 7.60. The summed E-state index contributed by atoms with van der Waals surface area (Å²) in [5.41, 5.74) is 4.58. The highest BCUT2D eigenvalue weighted by atomic mass is 32.1. The lowest BCUT2D eigenvalue weighted by molar-refractivity contribution is -0.137. The Bertz CT molecular complexity index is 1190. The lowest BCUT2D eigenvalue weighted by Crippen LogP contribution is -2.51. The van der Waals surface area contributed by atoms with E-state index in [2.05, 4.69) is 54.5 Å². The Morgan fingerprint density at radius 2 is 1.57 bits per heavy atom. The van der Waals surface area contributed by atoms with Crippen LogP contribution < -0.4 is 0 Å². The first-order chi connectivity index (χ1) is 17.0. The van der Waals surface area contributed by atoms with Crippen LogP contribution in [-0.4, -0.2) is 65.3 Å². The number of hydrogen-bond donors (Lipinski definition) is 0. The molecule has 1 aromatic heterocycles. The van der Waals surface area contributed by atoms with Crippen molar-refractivity contribution in [3.8, 4) is 0 Å². The third kappa shape index (κ3) is 4.78. The van der Waals surface area contributed by atoms with Crippen molar-refractivity contribution in [2.45, 2.75) is 38.8 Å². The van der Waals surface area contributed by atoms with E-state index in [0.29, 0.717) is 31.7 Å². The highest BCUT2D eigenvalue weighted by molar-refractivity contribution is 7.10. The van der Waals surface area contributed by atoms with Crippen molar-refractivity contribution in [1.29, 1.82) is 0 Å². The molecule has 6 heteroatoms. The Morgan fingerprint density at radius 1 is 0.857 bits per heavy atom. The fraction of sp³-hybridized carbons (Fsp3) is 0.379. The molecule has 2 aliphatic rings. The Balaban J connectivity index is 1.33. The van der Waals surface area contributed by atoms with Crippen LogP contribution in [-0.2, 0) is 11.2 Å². The molecule has 3 aromatic rings. The van der Waals surface area contributed by atoms with E-state index in [0.717, 1.165) is 19.4 Å². The van der Waals surface area contributed by atoms with E-state index in [1.807, 2.05) is 51.5 Å². The Kier molecular flexibility index (Phi) is 7.02. The van der Waals surface area contributed by atoms with Gasteiger partial charge < -0.3 is 9.80 Å². The van der Waals surface area contributed by atoms with E-state index in [-0.39, 0.29) is 23.9 Å². The molecular weight excluding hydrogens is 454 g/mol. The number of fused-ring (bicyclic) bond motifs is 1. The molecule has 0 spiro atoms. The number of carbonyl (C=O) groups excluding carboxylic acids is 2. The minimum Gasteiger partial charge on any atom is -0.340 e. The van der Waals surface area contributed by atoms with Crippen molar-refractivity contribution in [3.05, 3.63) is 93.2 Å². The van der Waals surface area contributed by atoms with Crippen molar-refractivity contribution < 1.29 is 9.59 Å². The van der Waals surface area contributed by atoms with Gasteiger partial charge in [0.25, 0.3) is 5.91 Å². The first kappa shape index (κ1) is 23.8. The first-order valence-electron chi connectivity index (χ1n) is 12.5. The van der Waals surface area contributed by atoms with Gasteiger partial charge in [0, 0.05) is 43.2 Å². The fourth-order valence-electron chi connectivity index (χ4n) is 5.50. The number of hydrogen-bond acceptors (Lipinski definition) is 4. The Labute approximate surface area is 212 Å². The number of thiophene rings is 1. The number of aryl methyl sites for hydroxylation is 1. The van der Waals surface area contributed by atoms with Gasteiger partial charge in [0.05, 0.1) is 12.1 Å². The van der Waals surface area contributed by atoms with E-state index >= 15 is 0 Å². The molecule has 2 aromatic carbocycles. The maximum absolute atomic E-state index is 13.8. The van der Waals surface area contributed by atoms with Gasteiger partial charge in [-0.15, -0.1) is 11.3 Å². The van der Waals surface area contributed by atoms with Crippen LogP contribution in [0.1, 0.15) is 51.3 Å². The van der Waals surface area contributed by atoms with E-state index < -0.39 is 0 Å². The minimum absolute atomic E-state index is 0.0496. The molecule has 0 aliphatic carbocycles. The summed E-state index contributed by atoms with van der Waals surface area (Å²) in [5, 5.41) is 2.18. The fourth-order valence-corrected chi connectivity index (χ4v) is 6.41. The van der Waals surface area contributed by atoms with Gasteiger partial charge in [-0.3, -0.25) is 14.5 Å². The quantitative estimate of drug-likeness (QED) is 0.533. The molecule has 182 valence electrons. The van der Waals surface area contributed by atoms with Crippen LogP contribution in [0.5, 0.6) is 0 Å². The second kappa shape index (κ2) is 10.3. The third-order valence-electron chi connectivity index (χ3n) is 7.46. The molecule has 5 nitrogen and oxygen atoms in total. The summed E-state index contributed by atoms with van der Waals surface area (Å²) in [6.07, 6.45) is 1.78. The zero-order valence-electron chi connectivity index (χ0n) is 20.5.